The largest absolute Gasteiger partial charge is 0.396 e. The van der Waals surface area contributed by atoms with E-state index < -0.39 is 0 Å². The first-order valence-electron chi connectivity index (χ1n) is 6.12. The number of piperazine rings is 1. The highest BCUT2D eigenvalue weighted by molar-refractivity contribution is 4.71. The minimum absolute atomic E-state index is 0.316. The van der Waals surface area contributed by atoms with Gasteiger partial charge in [0.15, 0.2) is 0 Å². The van der Waals surface area contributed by atoms with Crippen LogP contribution in [0.3, 0.4) is 0 Å². The first-order chi connectivity index (χ1) is 7.36. The second-order valence-electron chi connectivity index (χ2n) is 4.26. The molecule has 0 atom stereocenters. The minimum atomic E-state index is 0.316. The van der Waals surface area contributed by atoms with Crippen LogP contribution in [0, 0.1) is 0 Å². The Hall–Kier alpha value is -0.160. The fourth-order valence-electron chi connectivity index (χ4n) is 2.01. The summed E-state index contributed by atoms with van der Waals surface area (Å²) in [7, 11) is 0. The lowest BCUT2D eigenvalue weighted by Gasteiger charge is -2.34. The molecule has 0 unspecified atom stereocenters. The van der Waals surface area contributed by atoms with E-state index in [0.717, 1.165) is 39.0 Å². The van der Waals surface area contributed by atoms with Gasteiger partial charge >= 0.3 is 0 Å². The Labute approximate surface area is 93.0 Å². The van der Waals surface area contributed by atoms with E-state index in [-0.39, 0.29) is 0 Å². The number of aliphatic hydroxyl groups excluding tert-OH is 1. The first kappa shape index (κ1) is 12.9. The molecule has 0 aromatic rings. The Morgan fingerprint density at radius 3 is 1.87 bits per heavy atom. The maximum absolute atomic E-state index is 8.74. The summed E-state index contributed by atoms with van der Waals surface area (Å²) in [6.07, 6.45) is 3.28. The molecule has 15 heavy (non-hydrogen) atoms. The zero-order valence-electron chi connectivity index (χ0n) is 9.70. The van der Waals surface area contributed by atoms with Crippen molar-refractivity contribution in [1.29, 1.82) is 0 Å². The zero-order valence-corrected chi connectivity index (χ0v) is 9.70. The Morgan fingerprint density at radius 1 is 0.867 bits per heavy atom. The number of unbranched alkanes of at least 4 members (excludes halogenated alkanes) is 1. The normalized spacial score (nSPS) is 19.6. The molecule has 0 amide bonds. The molecular formula is C11H25N3O. The second kappa shape index (κ2) is 8.05. The molecule has 0 aromatic carbocycles. The summed E-state index contributed by atoms with van der Waals surface area (Å²) in [5.74, 6) is 0. The van der Waals surface area contributed by atoms with Crippen molar-refractivity contribution in [3.05, 3.63) is 0 Å². The van der Waals surface area contributed by atoms with E-state index in [1.807, 2.05) is 0 Å². The molecule has 1 aliphatic heterocycles. The van der Waals surface area contributed by atoms with Gasteiger partial charge in [0, 0.05) is 39.3 Å². The summed E-state index contributed by atoms with van der Waals surface area (Å²) < 4.78 is 0. The van der Waals surface area contributed by atoms with Gasteiger partial charge in [0.2, 0.25) is 0 Å². The number of hydrogen-bond acceptors (Lipinski definition) is 4. The average molecular weight is 215 g/mol. The van der Waals surface area contributed by atoms with E-state index in [1.54, 1.807) is 0 Å². The minimum Gasteiger partial charge on any atom is -0.396 e. The fraction of sp³-hybridized carbons (Fsp3) is 1.00. The van der Waals surface area contributed by atoms with E-state index in [2.05, 4.69) is 9.80 Å². The third-order valence-corrected chi connectivity index (χ3v) is 3.03. The maximum atomic E-state index is 8.74. The predicted molar refractivity (Wildman–Crippen MR) is 62.9 cm³/mol. The molecule has 0 radical (unpaired) electrons. The Morgan fingerprint density at radius 2 is 1.40 bits per heavy atom. The van der Waals surface area contributed by atoms with Crippen LogP contribution in [-0.2, 0) is 0 Å². The van der Waals surface area contributed by atoms with Crippen molar-refractivity contribution in [2.75, 3.05) is 52.4 Å². The number of rotatable bonds is 7. The van der Waals surface area contributed by atoms with Crippen LogP contribution in [0.1, 0.15) is 19.3 Å². The topological polar surface area (TPSA) is 52.7 Å². The van der Waals surface area contributed by atoms with E-state index >= 15 is 0 Å². The summed E-state index contributed by atoms with van der Waals surface area (Å²) in [4.78, 5) is 4.96. The van der Waals surface area contributed by atoms with Crippen molar-refractivity contribution in [1.82, 2.24) is 9.80 Å². The molecule has 1 heterocycles. The van der Waals surface area contributed by atoms with Gasteiger partial charge in [-0.2, -0.15) is 0 Å². The van der Waals surface area contributed by atoms with Gasteiger partial charge in [-0.05, 0) is 32.4 Å². The summed E-state index contributed by atoms with van der Waals surface area (Å²) in [6.45, 7) is 8.04. The van der Waals surface area contributed by atoms with E-state index in [1.165, 1.54) is 26.1 Å². The fourth-order valence-corrected chi connectivity index (χ4v) is 2.01. The number of nitrogens with zero attached hydrogens (tertiary/aromatic N) is 2. The molecule has 1 aliphatic rings. The standard InChI is InChI=1S/C11H25N3O/c12-4-1-2-5-13-7-9-14(10-8-13)6-3-11-15/h15H,1-12H2. The van der Waals surface area contributed by atoms with Crippen molar-refractivity contribution in [3.8, 4) is 0 Å². The van der Waals surface area contributed by atoms with Crippen molar-refractivity contribution in [3.63, 3.8) is 0 Å². The molecule has 0 saturated carbocycles. The smallest absolute Gasteiger partial charge is 0.0443 e. The molecule has 1 saturated heterocycles. The number of nitrogens with two attached hydrogens (primary N) is 1. The van der Waals surface area contributed by atoms with Crippen LogP contribution < -0.4 is 5.73 Å². The lowest BCUT2D eigenvalue weighted by Crippen LogP contribution is -2.46. The van der Waals surface area contributed by atoms with E-state index in [0.29, 0.717) is 6.61 Å². The Balaban J connectivity index is 2.02. The number of aliphatic hydroxyl groups is 1. The SMILES string of the molecule is NCCCCN1CCN(CCCO)CC1. The van der Waals surface area contributed by atoms with Crippen LogP contribution in [0.15, 0.2) is 0 Å². The van der Waals surface area contributed by atoms with Gasteiger partial charge in [-0.25, -0.2) is 0 Å². The quantitative estimate of drug-likeness (QED) is 0.574. The van der Waals surface area contributed by atoms with Crippen LogP contribution >= 0.6 is 0 Å². The molecule has 0 aromatic heterocycles. The van der Waals surface area contributed by atoms with Gasteiger partial charge in [-0.15, -0.1) is 0 Å². The third kappa shape index (κ3) is 5.47. The summed E-state index contributed by atoms with van der Waals surface area (Å²) >= 11 is 0. The van der Waals surface area contributed by atoms with E-state index in [4.69, 9.17) is 10.8 Å². The first-order valence-corrected chi connectivity index (χ1v) is 6.12. The van der Waals surface area contributed by atoms with Crippen LogP contribution in [0.2, 0.25) is 0 Å². The summed E-state index contributed by atoms with van der Waals surface area (Å²) in [5, 5.41) is 8.74. The monoisotopic (exact) mass is 215 g/mol. The Bertz CT molecular complexity index is 147. The van der Waals surface area contributed by atoms with Crippen molar-refractivity contribution >= 4 is 0 Å². The molecular weight excluding hydrogens is 190 g/mol. The van der Waals surface area contributed by atoms with Crippen LogP contribution in [-0.4, -0.2) is 67.3 Å². The maximum Gasteiger partial charge on any atom is 0.0443 e. The van der Waals surface area contributed by atoms with Crippen LogP contribution in [0.5, 0.6) is 0 Å². The highest BCUT2D eigenvalue weighted by atomic mass is 16.3. The molecule has 3 N–H and O–H groups in total. The van der Waals surface area contributed by atoms with Gasteiger partial charge in [-0.1, -0.05) is 0 Å². The summed E-state index contributed by atoms with van der Waals surface area (Å²) in [6, 6.07) is 0. The van der Waals surface area contributed by atoms with Gasteiger partial charge < -0.3 is 20.6 Å². The van der Waals surface area contributed by atoms with Gasteiger partial charge in [0.05, 0.1) is 0 Å². The molecule has 1 fully saturated rings. The molecule has 0 bridgehead atoms. The van der Waals surface area contributed by atoms with Crippen molar-refractivity contribution < 1.29 is 5.11 Å². The van der Waals surface area contributed by atoms with E-state index in [9.17, 15) is 0 Å². The predicted octanol–water partition coefficient (Wildman–Crippen LogP) is -0.275. The third-order valence-electron chi connectivity index (χ3n) is 3.03. The highest BCUT2D eigenvalue weighted by Gasteiger charge is 2.15. The van der Waals surface area contributed by atoms with Gasteiger partial charge in [0.1, 0.15) is 0 Å². The lowest BCUT2D eigenvalue weighted by molar-refractivity contribution is 0.123. The molecule has 0 aliphatic carbocycles. The number of hydrogen-bond donors (Lipinski definition) is 2. The average Bonchev–Trinajstić information content (AvgIpc) is 2.28. The molecule has 0 spiro atoms. The second-order valence-corrected chi connectivity index (χ2v) is 4.26. The van der Waals surface area contributed by atoms with Crippen LogP contribution in [0.25, 0.3) is 0 Å². The molecule has 4 heteroatoms. The van der Waals surface area contributed by atoms with Gasteiger partial charge in [0.25, 0.3) is 0 Å². The Kier molecular flexibility index (Phi) is 6.92. The highest BCUT2D eigenvalue weighted by Crippen LogP contribution is 2.03. The van der Waals surface area contributed by atoms with Gasteiger partial charge in [-0.3, -0.25) is 0 Å². The molecule has 90 valence electrons. The van der Waals surface area contributed by atoms with Crippen molar-refractivity contribution in [2.45, 2.75) is 19.3 Å². The summed E-state index contributed by atoms with van der Waals surface area (Å²) in [5.41, 5.74) is 5.47. The lowest BCUT2D eigenvalue weighted by atomic mass is 10.2. The van der Waals surface area contributed by atoms with Crippen molar-refractivity contribution in [2.24, 2.45) is 5.73 Å². The van der Waals surface area contributed by atoms with Crippen LogP contribution in [0.4, 0.5) is 0 Å². The molecule has 4 nitrogen and oxygen atoms in total. The molecule has 1 rings (SSSR count). The zero-order chi connectivity index (χ0) is 10.9.